The topological polar surface area (TPSA) is 96.0 Å². The van der Waals surface area contributed by atoms with Crippen LogP contribution in [0.1, 0.15) is 57.4 Å². The molecule has 0 bridgehead atoms. The van der Waals surface area contributed by atoms with Gasteiger partial charge in [-0.1, -0.05) is 19.8 Å². The van der Waals surface area contributed by atoms with Crippen LogP contribution >= 0.6 is 0 Å². The number of anilines is 1. The minimum absolute atomic E-state index is 0.104. The molecule has 176 valence electrons. The van der Waals surface area contributed by atoms with Crippen LogP contribution in [-0.2, 0) is 19.6 Å². The van der Waals surface area contributed by atoms with Crippen LogP contribution in [0.15, 0.2) is 17.0 Å². The number of nitrogens with one attached hydrogen (secondary N) is 1. The van der Waals surface area contributed by atoms with E-state index in [2.05, 4.69) is 5.32 Å². The van der Waals surface area contributed by atoms with E-state index in [-0.39, 0.29) is 22.6 Å². The Kier molecular flexibility index (Phi) is 6.76. The first kappa shape index (κ1) is 23.0. The van der Waals surface area contributed by atoms with Crippen molar-refractivity contribution in [3.63, 3.8) is 0 Å². The van der Waals surface area contributed by atoms with Crippen molar-refractivity contribution in [3.05, 3.63) is 17.7 Å². The molecule has 0 aromatic heterocycles. The molecule has 0 aliphatic carbocycles. The molecule has 3 heterocycles. The smallest absolute Gasteiger partial charge is 0.265 e. The molecule has 0 radical (unpaired) electrons. The Morgan fingerprint density at radius 2 is 1.75 bits per heavy atom. The maximum atomic E-state index is 13.4. The van der Waals surface area contributed by atoms with Crippen LogP contribution in [-0.4, -0.2) is 61.7 Å². The number of sulfonamides is 1. The fraction of sp³-hybridized carbons (Fsp3) is 0.652. The summed E-state index contributed by atoms with van der Waals surface area (Å²) in [6.45, 7) is 5.87. The van der Waals surface area contributed by atoms with E-state index in [1.165, 1.54) is 23.2 Å². The van der Waals surface area contributed by atoms with E-state index in [9.17, 15) is 18.0 Å². The van der Waals surface area contributed by atoms with Gasteiger partial charge in [-0.05, 0) is 50.7 Å². The highest BCUT2D eigenvalue weighted by atomic mass is 32.2. The summed E-state index contributed by atoms with van der Waals surface area (Å²) in [5.74, 6) is 0.245. The van der Waals surface area contributed by atoms with Gasteiger partial charge in [-0.25, -0.2) is 8.42 Å². The molecule has 4 rings (SSSR count). The number of fused-ring (bicyclic) bond motifs is 1. The van der Waals surface area contributed by atoms with Gasteiger partial charge in [-0.3, -0.25) is 9.59 Å². The Bertz CT molecular complexity index is 978. The predicted molar refractivity (Wildman–Crippen MR) is 121 cm³/mol. The molecule has 1 aromatic carbocycles. The van der Waals surface area contributed by atoms with Gasteiger partial charge < -0.3 is 15.0 Å². The lowest BCUT2D eigenvalue weighted by atomic mass is 9.96. The molecule has 0 unspecified atom stereocenters. The zero-order valence-electron chi connectivity index (χ0n) is 18.9. The van der Waals surface area contributed by atoms with Gasteiger partial charge in [0.25, 0.3) is 5.91 Å². The minimum Gasteiger partial charge on any atom is -0.478 e. The predicted octanol–water partition coefficient (Wildman–Crippen LogP) is 2.91. The number of hydrogen-bond acceptors (Lipinski definition) is 5. The van der Waals surface area contributed by atoms with Crippen molar-refractivity contribution >= 4 is 27.5 Å². The van der Waals surface area contributed by atoms with E-state index in [1.54, 1.807) is 13.0 Å². The van der Waals surface area contributed by atoms with Crippen molar-refractivity contribution in [2.75, 3.05) is 31.5 Å². The fourth-order valence-electron chi connectivity index (χ4n) is 4.86. The van der Waals surface area contributed by atoms with Crippen LogP contribution in [0, 0.1) is 12.8 Å². The molecular weight excluding hydrogens is 430 g/mol. The van der Waals surface area contributed by atoms with Crippen molar-refractivity contribution in [1.82, 2.24) is 9.21 Å². The number of hydrogen-bond donors (Lipinski definition) is 1. The van der Waals surface area contributed by atoms with Crippen molar-refractivity contribution in [3.8, 4) is 5.75 Å². The Hall–Kier alpha value is -2.13. The number of carbonyl (C=O) groups excluding carboxylic acids is 2. The van der Waals surface area contributed by atoms with Crippen LogP contribution in [0.3, 0.4) is 0 Å². The molecule has 1 atom stereocenters. The first-order valence-electron chi connectivity index (χ1n) is 11.7. The van der Waals surface area contributed by atoms with E-state index < -0.39 is 16.1 Å². The molecule has 3 aliphatic heterocycles. The van der Waals surface area contributed by atoms with Gasteiger partial charge in [-0.15, -0.1) is 0 Å². The van der Waals surface area contributed by atoms with Gasteiger partial charge >= 0.3 is 0 Å². The monoisotopic (exact) mass is 463 g/mol. The average molecular weight is 464 g/mol. The number of rotatable bonds is 4. The fourth-order valence-corrected chi connectivity index (χ4v) is 6.55. The van der Waals surface area contributed by atoms with E-state index in [0.29, 0.717) is 49.4 Å². The first-order valence-corrected chi connectivity index (χ1v) is 13.2. The van der Waals surface area contributed by atoms with E-state index in [0.717, 1.165) is 25.9 Å². The first-order chi connectivity index (χ1) is 15.3. The number of likely N-dealkylation sites (tertiary alicyclic amines) is 1. The van der Waals surface area contributed by atoms with Crippen molar-refractivity contribution in [2.24, 2.45) is 5.92 Å². The number of aryl methyl sites for hydroxylation is 1. The summed E-state index contributed by atoms with van der Waals surface area (Å²) in [5, 5.41) is 2.80. The van der Waals surface area contributed by atoms with E-state index >= 15 is 0 Å². The van der Waals surface area contributed by atoms with E-state index in [4.69, 9.17) is 4.74 Å². The molecule has 8 nitrogen and oxygen atoms in total. The third-order valence-electron chi connectivity index (χ3n) is 6.81. The van der Waals surface area contributed by atoms with Gasteiger partial charge in [-0.2, -0.15) is 4.31 Å². The zero-order chi connectivity index (χ0) is 22.9. The van der Waals surface area contributed by atoms with Gasteiger partial charge in [0.2, 0.25) is 15.9 Å². The molecule has 0 saturated carbocycles. The summed E-state index contributed by atoms with van der Waals surface area (Å²) in [6, 6.07) is 3.18. The highest BCUT2D eigenvalue weighted by Gasteiger charge is 2.36. The Morgan fingerprint density at radius 1 is 1.09 bits per heavy atom. The second-order valence-electron chi connectivity index (χ2n) is 9.04. The van der Waals surface area contributed by atoms with Gasteiger partial charge in [0.05, 0.1) is 10.6 Å². The van der Waals surface area contributed by atoms with Crippen LogP contribution in [0.4, 0.5) is 5.69 Å². The summed E-state index contributed by atoms with van der Waals surface area (Å²) in [6.07, 6.45) is 5.42. The largest absolute Gasteiger partial charge is 0.478 e. The van der Waals surface area contributed by atoms with Crippen LogP contribution in [0.25, 0.3) is 0 Å². The third-order valence-corrected chi connectivity index (χ3v) is 8.85. The molecule has 9 heteroatoms. The Labute approximate surface area is 190 Å². The molecule has 2 amide bonds. The summed E-state index contributed by atoms with van der Waals surface area (Å²) in [7, 11) is -3.73. The van der Waals surface area contributed by atoms with Crippen LogP contribution < -0.4 is 10.1 Å². The summed E-state index contributed by atoms with van der Waals surface area (Å²) < 4.78 is 34.1. The summed E-state index contributed by atoms with van der Waals surface area (Å²) in [5.41, 5.74) is 1.06. The average Bonchev–Trinajstić information content (AvgIpc) is 3.07. The number of carbonyl (C=O) groups is 2. The number of piperidine rings is 1. The standard InChI is InChI=1S/C23H33N3O5S/c1-3-19-22(27)24-18-14-16(2)21(15-20(18)31-19)32(29,30)26-12-8-17(9-13-26)23(28)25-10-6-4-5-7-11-25/h14-15,17,19H,3-13H2,1-2H3,(H,24,27)/t19-/m0/s1. The van der Waals surface area contributed by atoms with Crippen molar-refractivity contribution in [2.45, 2.75) is 69.8 Å². The second-order valence-corrected chi connectivity index (χ2v) is 10.9. The number of amides is 2. The SMILES string of the molecule is CC[C@@H]1Oc2cc(S(=O)(=O)N3CCC(C(=O)N4CCCCCC4)CC3)c(C)cc2NC1=O. The molecule has 32 heavy (non-hydrogen) atoms. The molecule has 3 aliphatic rings. The molecule has 1 N–H and O–H groups in total. The normalized spacial score (nSPS) is 23.1. The molecule has 1 aromatic rings. The summed E-state index contributed by atoms with van der Waals surface area (Å²) in [4.78, 5) is 27.2. The van der Waals surface area contributed by atoms with Gasteiger partial charge in [0.15, 0.2) is 6.10 Å². The maximum Gasteiger partial charge on any atom is 0.265 e. The van der Waals surface area contributed by atoms with Crippen LogP contribution in [0.5, 0.6) is 5.75 Å². The van der Waals surface area contributed by atoms with Gasteiger partial charge in [0.1, 0.15) is 5.75 Å². The lowest BCUT2D eigenvalue weighted by Crippen LogP contribution is -2.44. The third kappa shape index (κ3) is 4.50. The Morgan fingerprint density at radius 3 is 2.38 bits per heavy atom. The number of ether oxygens (including phenoxy) is 1. The van der Waals surface area contributed by atoms with Crippen LogP contribution in [0.2, 0.25) is 0 Å². The lowest BCUT2D eigenvalue weighted by molar-refractivity contribution is -0.136. The lowest BCUT2D eigenvalue weighted by Gasteiger charge is -2.34. The highest BCUT2D eigenvalue weighted by Crippen LogP contribution is 2.36. The van der Waals surface area contributed by atoms with Crippen molar-refractivity contribution in [1.29, 1.82) is 0 Å². The summed E-state index contributed by atoms with van der Waals surface area (Å²) >= 11 is 0. The number of nitrogens with zero attached hydrogens (tertiary/aromatic N) is 2. The molecular formula is C23H33N3O5S. The molecule has 0 spiro atoms. The highest BCUT2D eigenvalue weighted by molar-refractivity contribution is 7.89. The molecule has 2 saturated heterocycles. The Balaban J connectivity index is 1.47. The second kappa shape index (κ2) is 9.39. The molecule has 2 fully saturated rings. The van der Waals surface area contributed by atoms with Gasteiger partial charge in [0, 0.05) is 38.2 Å². The number of benzene rings is 1. The van der Waals surface area contributed by atoms with E-state index in [1.807, 2.05) is 11.8 Å². The maximum absolute atomic E-state index is 13.4. The minimum atomic E-state index is -3.73. The zero-order valence-corrected chi connectivity index (χ0v) is 19.7. The quantitative estimate of drug-likeness (QED) is 0.741. The van der Waals surface area contributed by atoms with Crippen molar-refractivity contribution < 1.29 is 22.7 Å².